The number of likely N-dealkylation sites (tertiary alicyclic amines) is 1. The summed E-state index contributed by atoms with van der Waals surface area (Å²) in [5.74, 6) is 1.11. The smallest absolute Gasteiger partial charge is 0.220 e. The Kier molecular flexibility index (Phi) is 5.33. The molecule has 0 unspecified atom stereocenters. The van der Waals surface area contributed by atoms with Crippen LogP contribution in [-0.2, 0) is 11.3 Å². The number of rotatable bonds is 6. The molecule has 2 heterocycles. The van der Waals surface area contributed by atoms with E-state index in [0.717, 1.165) is 12.8 Å². The molecule has 124 valence electrons. The minimum atomic E-state index is -0.849. The molecule has 5 nitrogen and oxygen atoms in total. The second kappa shape index (κ2) is 7.64. The first-order valence-electron chi connectivity index (χ1n) is 8.28. The Hall–Kier alpha value is -1.82. The van der Waals surface area contributed by atoms with Gasteiger partial charge in [0.05, 0.1) is 6.54 Å². The summed E-state index contributed by atoms with van der Waals surface area (Å²) < 4.78 is 13.8. The second-order valence-corrected chi connectivity index (χ2v) is 6.36. The van der Waals surface area contributed by atoms with Crippen LogP contribution >= 0.6 is 0 Å². The van der Waals surface area contributed by atoms with Gasteiger partial charge in [-0.25, -0.2) is 14.4 Å². The molecule has 0 bridgehead atoms. The van der Waals surface area contributed by atoms with Gasteiger partial charge in [-0.1, -0.05) is 12.2 Å². The van der Waals surface area contributed by atoms with E-state index in [0.29, 0.717) is 44.2 Å². The monoisotopic (exact) mass is 318 g/mol. The number of aromatic nitrogens is 2. The number of nitrogens with one attached hydrogen (secondary N) is 1. The molecule has 2 aliphatic rings. The highest BCUT2D eigenvalue weighted by Crippen LogP contribution is 2.22. The first-order chi connectivity index (χ1) is 11.2. The van der Waals surface area contributed by atoms with Crippen molar-refractivity contribution in [1.82, 2.24) is 20.2 Å². The molecule has 0 aromatic carbocycles. The predicted molar refractivity (Wildman–Crippen MR) is 85.2 cm³/mol. The van der Waals surface area contributed by atoms with E-state index in [1.165, 1.54) is 0 Å². The highest BCUT2D eigenvalue weighted by Gasteiger charge is 2.32. The molecular formula is C17H23FN4O. The van der Waals surface area contributed by atoms with E-state index in [1.807, 2.05) is 4.90 Å². The predicted octanol–water partition coefficient (Wildman–Crippen LogP) is 1.86. The summed E-state index contributed by atoms with van der Waals surface area (Å²) in [7, 11) is 0. The van der Waals surface area contributed by atoms with Crippen molar-refractivity contribution in [2.45, 2.75) is 44.4 Å². The molecule has 1 aromatic rings. The van der Waals surface area contributed by atoms with E-state index in [1.54, 1.807) is 18.5 Å². The normalized spacial score (nSPS) is 27.4. The maximum atomic E-state index is 13.8. The average Bonchev–Trinajstić information content (AvgIpc) is 3.16. The topological polar surface area (TPSA) is 58.1 Å². The fourth-order valence-corrected chi connectivity index (χ4v) is 3.33. The molecule has 1 saturated heterocycles. The molecule has 1 aromatic heterocycles. The summed E-state index contributed by atoms with van der Waals surface area (Å²) in [5, 5.41) is 2.97. The number of carbonyl (C=O) groups excluding carboxylic acids is 1. The van der Waals surface area contributed by atoms with E-state index in [9.17, 15) is 9.18 Å². The average molecular weight is 318 g/mol. The van der Waals surface area contributed by atoms with Crippen LogP contribution in [0.2, 0.25) is 0 Å². The SMILES string of the molecule is O=C(C[C@H]1C=CCC1)NC[C@@H]1C[C@H](F)CN1Cc1ncccn1. The number of halogens is 1. The van der Waals surface area contributed by atoms with Crippen molar-refractivity contribution < 1.29 is 9.18 Å². The van der Waals surface area contributed by atoms with E-state index >= 15 is 0 Å². The van der Waals surface area contributed by atoms with Crippen molar-refractivity contribution in [1.29, 1.82) is 0 Å². The number of carbonyl (C=O) groups is 1. The van der Waals surface area contributed by atoms with Crippen LogP contribution in [0.4, 0.5) is 4.39 Å². The van der Waals surface area contributed by atoms with Gasteiger partial charge in [0.2, 0.25) is 5.91 Å². The third-order valence-corrected chi connectivity index (χ3v) is 4.54. The van der Waals surface area contributed by atoms with Gasteiger partial charge in [0, 0.05) is 37.9 Å². The van der Waals surface area contributed by atoms with Crippen molar-refractivity contribution in [2.24, 2.45) is 5.92 Å². The third kappa shape index (κ3) is 4.58. The molecule has 1 fully saturated rings. The van der Waals surface area contributed by atoms with E-state index in [-0.39, 0.29) is 11.9 Å². The Balaban J connectivity index is 1.48. The van der Waals surface area contributed by atoms with Crippen LogP contribution in [0, 0.1) is 5.92 Å². The van der Waals surface area contributed by atoms with Gasteiger partial charge in [0.15, 0.2) is 0 Å². The lowest BCUT2D eigenvalue weighted by atomic mass is 10.0. The van der Waals surface area contributed by atoms with Crippen LogP contribution < -0.4 is 5.32 Å². The van der Waals surface area contributed by atoms with Crippen LogP contribution in [-0.4, -0.2) is 46.1 Å². The minimum Gasteiger partial charge on any atom is -0.355 e. The maximum Gasteiger partial charge on any atom is 0.220 e. The Morgan fingerprint density at radius 1 is 1.39 bits per heavy atom. The molecule has 0 radical (unpaired) electrons. The van der Waals surface area contributed by atoms with Gasteiger partial charge < -0.3 is 5.32 Å². The molecule has 1 amide bonds. The Bertz CT molecular complexity index is 551. The fourth-order valence-electron chi connectivity index (χ4n) is 3.33. The zero-order valence-corrected chi connectivity index (χ0v) is 13.2. The molecule has 1 N–H and O–H groups in total. The van der Waals surface area contributed by atoms with Crippen LogP contribution in [0.3, 0.4) is 0 Å². The lowest BCUT2D eigenvalue weighted by Gasteiger charge is -2.23. The van der Waals surface area contributed by atoms with Crippen molar-refractivity contribution in [3.05, 3.63) is 36.4 Å². The summed E-state index contributed by atoms with van der Waals surface area (Å²) in [6, 6.07) is 1.78. The highest BCUT2D eigenvalue weighted by atomic mass is 19.1. The Morgan fingerprint density at radius 3 is 2.96 bits per heavy atom. The highest BCUT2D eigenvalue weighted by molar-refractivity contribution is 5.76. The Morgan fingerprint density at radius 2 is 2.22 bits per heavy atom. The Labute approximate surface area is 136 Å². The molecular weight excluding hydrogens is 295 g/mol. The minimum absolute atomic E-state index is 0.0110. The number of allylic oxidation sites excluding steroid dienone is 2. The largest absolute Gasteiger partial charge is 0.355 e. The molecule has 3 rings (SSSR count). The molecule has 23 heavy (non-hydrogen) atoms. The quantitative estimate of drug-likeness (QED) is 0.814. The molecule has 1 aliphatic carbocycles. The fraction of sp³-hybridized carbons (Fsp3) is 0.588. The van der Waals surface area contributed by atoms with Gasteiger partial charge in [-0.15, -0.1) is 0 Å². The van der Waals surface area contributed by atoms with Gasteiger partial charge in [-0.3, -0.25) is 9.69 Å². The maximum absolute atomic E-state index is 13.8. The van der Waals surface area contributed by atoms with Gasteiger partial charge >= 0.3 is 0 Å². The summed E-state index contributed by atoms with van der Waals surface area (Å²) in [6.45, 7) is 1.39. The van der Waals surface area contributed by atoms with Crippen molar-refractivity contribution in [2.75, 3.05) is 13.1 Å². The zero-order chi connectivity index (χ0) is 16.1. The lowest BCUT2D eigenvalue weighted by molar-refractivity contribution is -0.121. The van der Waals surface area contributed by atoms with Crippen LogP contribution in [0.1, 0.15) is 31.5 Å². The second-order valence-electron chi connectivity index (χ2n) is 6.36. The van der Waals surface area contributed by atoms with E-state index in [4.69, 9.17) is 0 Å². The van der Waals surface area contributed by atoms with Gasteiger partial charge in [0.1, 0.15) is 12.0 Å². The zero-order valence-electron chi connectivity index (χ0n) is 13.2. The summed E-state index contributed by atoms with van der Waals surface area (Å²) >= 11 is 0. The van der Waals surface area contributed by atoms with Crippen molar-refractivity contribution in [3.8, 4) is 0 Å². The van der Waals surface area contributed by atoms with E-state index in [2.05, 4.69) is 27.4 Å². The van der Waals surface area contributed by atoms with Crippen LogP contribution in [0.5, 0.6) is 0 Å². The first-order valence-corrected chi connectivity index (χ1v) is 8.28. The number of hydrogen-bond donors (Lipinski definition) is 1. The third-order valence-electron chi connectivity index (χ3n) is 4.54. The summed E-state index contributed by atoms with van der Waals surface area (Å²) in [4.78, 5) is 22.4. The first kappa shape index (κ1) is 16.1. The molecule has 1 aliphatic heterocycles. The van der Waals surface area contributed by atoms with Crippen LogP contribution in [0.25, 0.3) is 0 Å². The van der Waals surface area contributed by atoms with Crippen molar-refractivity contribution >= 4 is 5.91 Å². The molecule has 0 spiro atoms. The van der Waals surface area contributed by atoms with Crippen molar-refractivity contribution in [3.63, 3.8) is 0 Å². The number of alkyl halides is 1. The summed E-state index contributed by atoms with van der Waals surface area (Å²) in [6.07, 6.45) is 9.89. The standard InChI is InChI=1S/C17H23FN4O/c18-14-9-15(10-21-17(23)8-13-4-1-2-5-13)22(11-14)12-16-19-6-3-7-20-16/h1,3-4,6-7,13-15H,2,5,8-12H2,(H,21,23)/t13-,14-,15-/m0/s1. The van der Waals surface area contributed by atoms with Crippen LogP contribution in [0.15, 0.2) is 30.6 Å². The van der Waals surface area contributed by atoms with Gasteiger partial charge in [-0.2, -0.15) is 0 Å². The lowest BCUT2D eigenvalue weighted by Crippen LogP contribution is -2.40. The number of amides is 1. The number of nitrogens with zero attached hydrogens (tertiary/aromatic N) is 3. The molecule has 0 saturated carbocycles. The molecule has 3 atom stereocenters. The van der Waals surface area contributed by atoms with Gasteiger partial charge in [0.25, 0.3) is 0 Å². The van der Waals surface area contributed by atoms with E-state index < -0.39 is 6.17 Å². The number of hydrogen-bond acceptors (Lipinski definition) is 4. The van der Waals surface area contributed by atoms with Gasteiger partial charge in [-0.05, 0) is 31.2 Å². The molecule has 6 heteroatoms. The summed E-state index contributed by atoms with van der Waals surface area (Å²) in [5.41, 5.74) is 0.